The minimum absolute atomic E-state index is 0.113. The van der Waals surface area contributed by atoms with E-state index in [9.17, 15) is 13.2 Å². The Balaban J connectivity index is 2.09. The first kappa shape index (κ1) is 15.4. The zero-order chi connectivity index (χ0) is 17.6. The summed E-state index contributed by atoms with van der Waals surface area (Å²) in [6.45, 7) is 1.67. The number of fused-ring (bicyclic) bond motifs is 1. The number of halogens is 3. The molecule has 0 bridgehead atoms. The maximum atomic E-state index is 13.6. The van der Waals surface area contributed by atoms with Gasteiger partial charge in [-0.05, 0) is 30.7 Å². The van der Waals surface area contributed by atoms with Crippen LogP contribution in [-0.4, -0.2) is 14.6 Å². The molecular weight excluding hydrogens is 331 g/mol. The Morgan fingerprint density at radius 1 is 1.04 bits per heavy atom. The van der Waals surface area contributed by atoms with E-state index in [0.29, 0.717) is 11.3 Å². The third kappa shape index (κ3) is 2.57. The molecule has 0 spiro atoms. The van der Waals surface area contributed by atoms with Crippen LogP contribution in [0.2, 0.25) is 0 Å². The normalized spacial score (nSPS) is 12.0. The average Bonchev–Trinajstić information content (AvgIpc) is 3.20. The second kappa shape index (κ2) is 5.47. The molecule has 0 radical (unpaired) electrons. The highest BCUT2D eigenvalue weighted by Gasteiger charge is 2.36. The number of aromatic nitrogens is 3. The molecule has 0 amide bonds. The van der Waals surface area contributed by atoms with Gasteiger partial charge < -0.3 is 4.42 Å². The van der Waals surface area contributed by atoms with Crippen molar-refractivity contribution in [3.63, 3.8) is 0 Å². The Labute approximate surface area is 140 Å². The number of benzene rings is 1. The Morgan fingerprint density at radius 3 is 2.44 bits per heavy atom. The van der Waals surface area contributed by atoms with Crippen LogP contribution in [0, 0.1) is 6.92 Å². The fourth-order valence-electron chi connectivity index (χ4n) is 2.82. The van der Waals surface area contributed by atoms with Gasteiger partial charge in [-0.1, -0.05) is 30.3 Å². The van der Waals surface area contributed by atoms with Gasteiger partial charge in [-0.15, -0.1) is 0 Å². The standard InChI is InChI=1S/C18H12F3N3O/c1-11-16(12-6-3-2-4-7-12)17-22-13(14-8-5-9-25-14)10-15(18(19,20)21)24(17)23-11/h2-10H,1H3. The summed E-state index contributed by atoms with van der Waals surface area (Å²) >= 11 is 0. The quantitative estimate of drug-likeness (QED) is 0.515. The smallest absolute Gasteiger partial charge is 0.433 e. The molecule has 0 atom stereocenters. The predicted molar refractivity (Wildman–Crippen MR) is 85.9 cm³/mol. The van der Waals surface area contributed by atoms with Gasteiger partial charge >= 0.3 is 6.18 Å². The Morgan fingerprint density at radius 2 is 1.80 bits per heavy atom. The summed E-state index contributed by atoms with van der Waals surface area (Å²) in [6, 6.07) is 13.2. The van der Waals surface area contributed by atoms with Crippen molar-refractivity contribution in [3.8, 4) is 22.6 Å². The van der Waals surface area contributed by atoms with Gasteiger partial charge in [-0.3, -0.25) is 0 Å². The van der Waals surface area contributed by atoms with Crippen molar-refractivity contribution in [3.05, 3.63) is 66.2 Å². The van der Waals surface area contributed by atoms with Crippen LogP contribution in [0.25, 0.3) is 28.2 Å². The van der Waals surface area contributed by atoms with Crippen LogP contribution in [-0.2, 0) is 6.18 Å². The molecule has 0 saturated heterocycles. The second-order valence-corrected chi connectivity index (χ2v) is 5.56. The molecule has 0 aliphatic rings. The summed E-state index contributed by atoms with van der Waals surface area (Å²) in [7, 11) is 0. The SMILES string of the molecule is Cc1nn2c(C(F)(F)F)cc(-c3ccco3)nc2c1-c1ccccc1. The van der Waals surface area contributed by atoms with Crippen LogP contribution in [0.1, 0.15) is 11.4 Å². The topological polar surface area (TPSA) is 43.3 Å². The van der Waals surface area contributed by atoms with Crippen LogP contribution >= 0.6 is 0 Å². The van der Waals surface area contributed by atoms with Crippen LogP contribution < -0.4 is 0 Å². The first-order valence-electron chi connectivity index (χ1n) is 7.52. The molecule has 7 heteroatoms. The lowest BCUT2D eigenvalue weighted by Gasteiger charge is -2.10. The number of furan rings is 1. The van der Waals surface area contributed by atoms with Crippen molar-refractivity contribution in [2.45, 2.75) is 13.1 Å². The summed E-state index contributed by atoms with van der Waals surface area (Å²) in [5.41, 5.74) is 1.16. The van der Waals surface area contributed by atoms with E-state index in [2.05, 4.69) is 10.1 Å². The minimum Gasteiger partial charge on any atom is -0.463 e. The van der Waals surface area contributed by atoms with E-state index in [1.807, 2.05) is 30.3 Å². The molecule has 126 valence electrons. The Kier molecular flexibility index (Phi) is 3.38. The van der Waals surface area contributed by atoms with Gasteiger partial charge in [0.1, 0.15) is 5.69 Å². The van der Waals surface area contributed by atoms with Crippen LogP contribution in [0.3, 0.4) is 0 Å². The summed E-state index contributed by atoms with van der Waals surface area (Å²) in [6.07, 6.45) is -3.18. The summed E-state index contributed by atoms with van der Waals surface area (Å²) in [4.78, 5) is 4.40. The van der Waals surface area contributed by atoms with E-state index >= 15 is 0 Å². The van der Waals surface area contributed by atoms with Crippen LogP contribution in [0.4, 0.5) is 13.2 Å². The molecule has 0 N–H and O–H groups in total. The summed E-state index contributed by atoms with van der Waals surface area (Å²) < 4.78 is 46.8. The van der Waals surface area contributed by atoms with E-state index < -0.39 is 11.9 Å². The molecule has 4 aromatic rings. The lowest BCUT2D eigenvalue weighted by atomic mass is 10.1. The fraction of sp³-hybridized carbons (Fsp3) is 0.111. The van der Waals surface area contributed by atoms with Gasteiger partial charge in [0.25, 0.3) is 0 Å². The minimum atomic E-state index is -4.57. The highest BCUT2D eigenvalue weighted by molar-refractivity contribution is 5.81. The molecule has 25 heavy (non-hydrogen) atoms. The predicted octanol–water partition coefficient (Wildman–Crippen LogP) is 4.98. The van der Waals surface area contributed by atoms with Gasteiger partial charge in [0.2, 0.25) is 0 Å². The lowest BCUT2D eigenvalue weighted by molar-refractivity contribution is -0.142. The van der Waals surface area contributed by atoms with E-state index in [4.69, 9.17) is 4.42 Å². The van der Waals surface area contributed by atoms with Crippen molar-refractivity contribution in [1.29, 1.82) is 0 Å². The van der Waals surface area contributed by atoms with E-state index in [-0.39, 0.29) is 17.1 Å². The zero-order valence-corrected chi connectivity index (χ0v) is 13.1. The summed E-state index contributed by atoms with van der Waals surface area (Å²) in [5.74, 6) is 0.269. The van der Waals surface area contributed by atoms with Gasteiger partial charge in [-0.25, -0.2) is 9.50 Å². The molecule has 0 aliphatic carbocycles. The molecule has 3 heterocycles. The van der Waals surface area contributed by atoms with Gasteiger partial charge in [0, 0.05) is 5.56 Å². The largest absolute Gasteiger partial charge is 0.463 e. The number of hydrogen-bond acceptors (Lipinski definition) is 3. The van der Waals surface area contributed by atoms with E-state index in [0.717, 1.165) is 16.1 Å². The Hall–Kier alpha value is -3.09. The first-order valence-corrected chi connectivity index (χ1v) is 7.52. The number of rotatable bonds is 2. The number of nitrogens with zero attached hydrogens (tertiary/aromatic N) is 3. The van der Waals surface area contributed by atoms with E-state index in [1.165, 1.54) is 6.26 Å². The van der Waals surface area contributed by atoms with E-state index in [1.54, 1.807) is 19.1 Å². The average molecular weight is 343 g/mol. The van der Waals surface area contributed by atoms with Crippen LogP contribution in [0.15, 0.2) is 59.2 Å². The molecule has 0 unspecified atom stereocenters. The van der Waals surface area contributed by atoms with Gasteiger partial charge in [0.15, 0.2) is 17.1 Å². The lowest BCUT2D eigenvalue weighted by Crippen LogP contribution is -2.13. The Bertz CT molecular complexity index is 1040. The monoisotopic (exact) mass is 343 g/mol. The van der Waals surface area contributed by atoms with Crippen molar-refractivity contribution >= 4 is 5.65 Å². The first-order chi connectivity index (χ1) is 11.9. The van der Waals surface area contributed by atoms with Gasteiger partial charge in [0.05, 0.1) is 12.0 Å². The van der Waals surface area contributed by atoms with Crippen molar-refractivity contribution < 1.29 is 17.6 Å². The number of aryl methyl sites for hydroxylation is 1. The summed E-state index contributed by atoms with van der Waals surface area (Å²) in [5, 5.41) is 4.08. The number of hydrogen-bond donors (Lipinski definition) is 0. The zero-order valence-electron chi connectivity index (χ0n) is 13.1. The molecule has 0 fully saturated rings. The molecule has 0 aliphatic heterocycles. The third-order valence-corrected chi connectivity index (χ3v) is 3.89. The molecule has 1 aromatic carbocycles. The van der Waals surface area contributed by atoms with Crippen molar-refractivity contribution in [1.82, 2.24) is 14.6 Å². The van der Waals surface area contributed by atoms with Crippen molar-refractivity contribution in [2.24, 2.45) is 0 Å². The van der Waals surface area contributed by atoms with Crippen LogP contribution in [0.5, 0.6) is 0 Å². The molecule has 3 aromatic heterocycles. The second-order valence-electron chi connectivity index (χ2n) is 5.56. The third-order valence-electron chi connectivity index (χ3n) is 3.89. The molecule has 4 nitrogen and oxygen atoms in total. The molecule has 0 saturated carbocycles. The maximum Gasteiger partial charge on any atom is 0.433 e. The van der Waals surface area contributed by atoms with Crippen molar-refractivity contribution in [2.75, 3.05) is 0 Å². The highest BCUT2D eigenvalue weighted by Crippen LogP contribution is 2.35. The number of alkyl halides is 3. The van der Waals surface area contributed by atoms with Gasteiger partial charge in [-0.2, -0.15) is 18.3 Å². The molecular formula is C18H12F3N3O. The fourth-order valence-corrected chi connectivity index (χ4v) is 2.82. The highest BCUT2D eigenvalue weighted by atomic mass is 19.4. The maximum absolute atomic E-state index is 13.6. The molecule has 4 rings (SSSR count).